The number of aryl methyl sites for hydroxylation is 1. The Labute approximate surface area is 144 Å². The van der Waals surface area contributed by atoms with Gasteiger partial charge in [-0.2, -0.15) is 0 Å². The van der Waals surface area contributed by atoms with Crippen molar-refractivity contribution in [2.75, 3.05) is 11.9 Å². The van der Waals surface area contributed by atoms with E-state index < -0.39 is 23.5 Å². The second-order valence-corrected chi connectivity index (χ2v) is 5.93. The van der Waals surface area contributed by atoms with Crippen LogP contribution in [0.15, 0.2) is 36.4 Å². The maximum atomic E-state index is 13.6. The van der Waals surface area contributed by atoms with Gasteiger partial charge in [-0.15, -0.1) is 0 Å². The van der Waals surface area contributed by atoms with Gasteiger partial charge in [0.1, 0.15) is 5.82 Å². The average Bonchev–Trinajstić information content (AvgIpc) is 2.53. The summed E-state index contributed by atoms with van der Waals surface area (Å²) in [5.41, 5.74) is 7.89. The van der Waals surface area contributed by atoms with Crippen molar-refractivity contribution in [3.63, 3.8) is 0 Å². The van der Waals surface area contributed by atoms with Crippen molar-refractivity contribution in [2.24, 2.45) is 5.73 Å². The molecule has 24 heavy (non-hydrogen) atoms. The van der Waals surface area contributed by atoms with E-state index in [1.807, 2.05) is 31.2 Å². The number of anilines is 1. The normalized spacial score (nSPS) is 11.9. The van der Waals surface area contributed by atoms with E-state index in [1.165, 1.54) is 0 Å². The molecule has 128 valence electrons. The van der Waals surface area contributed by atoms with Crippen molar-refractivity contribution < 1.29 is 13.2 Å². The Balaban J connectivity index is 1.84. The van der Waals surface area contributed by atoms with E-state index >= 15 is 0 Å². The first-order valence-corrected chi connectivity index (χ1v) is 7.76. The van der Waals surface area contributed by atoms with Gasteiger partial charge in [0.25, 0.3) is 0 Å². The van der Waals surface area contributed by atoms with Gasteiger partial charge in [0.2, 0.25) is 0 Å². The van der Waals surface area contributed by atoms with E-state index in [2.05, 4.69) is 10.6 Å². The first-order valence-electron chi connectivity index (χ1n) is 7.35. The van der Waals surface area contributed by atoms with Gasteiger partial charge < -0.3 is 16.4 Å². The summed E-state index contributed by atoms with van der Waals surface area (Å²) in [5, 5.41) is 6.29. The number of halogens is 3. The van der Waals surface area contributed by atoms with Gasteiger partial charge in [-0.05, 0) is 49.3 Å². The van der Waals surface area contributed by atoms with E-state index in [0.29, 0.717) is 11.2 Å². The molecule has 0 heterocycles. The maximum Gasteiger partial charge on any atom is 0.170 e. The quantitative estimate of drug-likeness (QED) is 0.570. The van der Waals surface area contributed by atoms with Crippen LogP contribution >= 0.6 is 12.2 Å². The molecule has 0 aliphatic heterocycles. The Hall–Kier alpha value is -2.12. The van der Waals surface area contributed by atoms with Crippen LogP contribution in [0.4, 0.5) is 18.9 Å². The molecule has 0 radical (unpaired) electrons. The highest BCUT2D eigenvalue weighted by atomic mass is 32.1. The van der Waals surface area contributed by atoms with Crippen LogP contribution in [0.5, 0.6) is 0 Å². The highest BCUT2D eigenvalue weighted by Gasteiger charge is 2.13. The zero-order valence-electron chi connectivity index (χ0n) is 13.1. The van der Waals surface area contributed by atoms with Gasteiger partial charge >= 0.3 is 0 Å². The van der Waals surface area contributed by atoms with Gasteiger partial charge in [0, 0.05) is 24.3 Å². The summed E-state index contributed by atoms with van der Waals surface area (Å²) in [7, 11) is 0. The Bertz CT molecular complexity index is 720. The van der Waals surface area contributed by atoms with Gasteiger partial charge in [0.15, 0.2) is 16.7 Å². The van der Waals surface area contributed by atoms with Crippen LogP contribution in [0.2, 0.25) is 0 Å². The molecule has 0 unspecified atom stereocenters. The summed E-state index contributed by atoms with van der Waals surface area (Å²) in [5.74, 6) is -3.13. The number of rotatable bonds is 5. The second-order valence-electron chi connectivity index (χ2n) is 5.52. The number of thiocarbonyl (C=S) groups is 1. The van der Waals surface area contributed by atoms with E-state index in [1.54, 1.807) is 0 Å². The number of benzene rings is 2. The predicted molar refractivity (Wildman–Crippen MR) is 93.4 cm³/mol. The minimum atomic E-state index is -1.22. The van der Waals surface area contributed by atoms with Crippen LogP contribution in [-0.4, -0.2) is 17.7 Å². The van der Waals surface area contributed by atoms with Gasteiger partial charge in [-0.1, -0.05) is 17.7 Å². The van der Waals surface area contributed by atoms with Crippen LogP contribution < -0.4 is 16.4 Å². The number of hydrogen-bond acceptors (Lipinski definition) is 2. The molecule has 0 saturated carbocycles. The molecule has 2 aromatic carbocycles. The molecule has 2 aromatic rings. The van der Waals surface area contributed by atoms with Crippen molar-refractivity contribution in [1.29, 1.82) is 0 Å². The smallest absolute Gasteiger partial charge is 0.170 e. The van der Waals surface area contributed by atoms with E-state index in [-0.39, 0.29) is 18.5 Å². The zero-order chi connectivity index (χ0) is 17.7. The summed E-state index contributed by atoms with van der Waals surface area (Å²) >= 11 is 5.15. The molecule has 0 saturated heterocycles. The fourth-order valence-electron chi connectivity index (χ4n) is 2.11. The molecule has 0 bridgehead atoms. The van der Waals surface area contributed by atoms with E-state index in [0.717, 1.165) is 17.3 Å². The summed E-state index contributed by atoms with van der Waals surface area (Å²) in [6.45, 7) is 2.24. The average molecular weight is 353 g/mol. The Morgan fingerprint density at radius 2 is 1.71 bits per heavy atom. The molecule has 4 N–H and O–H groups in total. The third-order valence-corrected chi connectivity index (χ3v) is 3.65. The summed E-state index contributed by atoms with van der Waals surface area (Å²) in [6.07, 6.45) is 0.0587. The monoisotopic (exact) mass is 353 g/mol. The van der Waals surface area contributed by atoms with E-state index in [4.69, 9.17) is 18.0 Å². The number of nitrogens with two attached hydrogens (primary N) is 1. The minimum absolute atomic E-state index is 0.0283. The highest BCUT2D eigenvalue weighted by Crippen LogP contribution is 2.15. The molecule has 0 spiro atoms. The van der Waals surface area contributed by atoms with Gasteiger partial charge in [-0.3, -0.25) is 0 Å². The first kappa shape index (κ1) is 18.2. The van der Waals surface area contributed by atoms with Crippen molar-refractivity contribution in [3.8, 4) is 0 Å². The Morgan fingerprint density at radius 3 is 2.38 bits per heavy atom. The molecule has 1 atom stereocenters. The molecule has 0 aliphatic rings. The molecular weight excluding hydrogens is 335 g/mol. The van der Waals surface area contributed by atoms with Crippen molar-refractivity contribution >= 4 is 23.0 Å². The van der Waals surface area contributed by atoms with Crippen LogP contribution in [-0.2, 0) is 6.42 Å². The SMILES string of the molecule is Cc1ccc(NC(=S)NC[C@@H](N)Cc2cc(F)c(F)cc2F)cc1. The van der Waals surface area contributed by atoms with Crippen molar-refractivity contribution in [3.05, 3.63) is 65.0 Å². The molecule has 0 amide bonds. The Morgan fingerprint density at radius 1 is 1.08 bits per heavy atom. The zero-order valence-corrected chi connectivity index (χ0v) is 13.9. The molecule has 0 aliphatic carbocycles. The summed E-state index contributed by atoms with van der Waals surface area (Å²) in [4.78, 5) is 0. The largest absolute Gasteiger partial charge is 0.361 e. The first-order chi connectivity index (χ1) is 11.3. The lowest BCUT2D eigenvalue weighted by atomic mass is 10.1. The topological polar surface area (TPSA) is 50.1 Å². The van der Waals surface area contributed by atoms with Crippen LogP contribution in [0.3, 0.4) is 0 Å². The number of nitrogens with one attached hydrogen (secondary N) is 2. The third-order valence-electron chi connectivity index (χ3n) is 3.41. The lowest BCUT2D eigenvalue weighted by molar-refractivity contribution is 0.486. The van der Waals surface area contributed by atoms with E-state index in [9.17, 15) is 13.2 Å². The molecule has 2 rings (SSSR count). The Kier molecular flexibility index (Phi) is 6.16. The highest BCUT2D eigenvalue weighted by molar-refractivity contribution is 7.80. The minimum Gasteiger partial charge on any atom is -0.361 e. The predicted octanol–water partition coefficient (Wildman–Crippen LogP) is 3.27. The second kappa shape index (κ2) is 8.12. The van der Waals surface area contributed by atoms with Crippen LogP contribution in [0.25, 0.3) is 0 Å². The lowest BCUT2D eigenvalue weighted by Crippen LogP contribution is -2.40. The molecule has 0 aromatic heterocycles. The third kappa shape index (κ3) is 5.21. The fraction of sp³-hybridized carbons (Fsp3) is 0.235. The van der Waals surface area contributed by atoms with Gasteiger partial charge in [0.05, 0.1) is 0 Å². The molecule has 3 nitrogen and oxygen atoms in total. The standard InChI is InChI=1S/C17H18F3N3S/c1-10-2-4-13(5-3-10)23-17(24)22-9-12(21)6-11-7-15(19)16(20)8-14(11)18/h2-5,7-8,12H,6,9,21H2,1H3,(H2,22,23,24)/t12-/m0/s1. The van der Waals surface area contributed by atoms with Gasteiger partial charge in [-0.25, -0.2) is 13.2 Å². The summed E-state index contributed by atoms with van der Waals surface area (Å²) < 4.78 is 39.7. The molecule has 7 heteroatoms. The van der Waals surface area contributed by atoms with Crippen LogP contribution in [0, 0.1) is 24.4 Å². The van der Waals surface area contributed by atoms with Crippen LogP contribution in [0.1, 0.15) is 11.1 Å². The molecular formula is C17H18F3N3S. The number of hydrogen-bond donors (Lipinski definition) is 3. The fourth-order valence-corrected chi connectivity index (χ4v) is 2.31. The van der Waals surface area contributed by atoms with Crippen molar-refractivity contribution in [2.45, 2.75) is 19.4 Å². The lowest BCUT2D eigenvalue weighted by Gasteiger charge is -2.16. The van der Waals surface area contributed by atoms with Crippen molar-refractivity contribution in [1.82, 2.24) is 5.32 Å². The molecule has 0 fully saturated rings. The summed E-state index contributed by atoms with van der Waals surface area (Å²) in [6, 6.07) is 8.51. The maximum absolute atomic E-state index is 13.6.